The van der Waals surface area contributed by atoms with Gasteiger partial charge in [0.25, 0.3) is 11.8 Å². The van der Waals surface area contributed by atoms with Gasteiger partial charge < -0.3 is 16.0 Å². The average Bonchev–Trinajstić information content (AvgIpc) is 2.92. The number of hydrogen-bond donors (Lipinski definition) is 2. The fourth-order valence-corrected chi connectivity index (χ4v) is 3.43. The first-order chi connectivity index (χ1) is 14.2. The number of aliphatic imine (C=N–C) groups is 1. The third kappa shape index (κ3) is 5.60. The maximum absolute atomic E-state index is 14.0. The Kier molecular flexibility index (Phi) is 8.11. The highest BCUT2D eigenvalue weighted by molar-refractivity contribution is 6.09. The number of nitrogens with two attached hydrogens (primary N) is 1. The molecule has 3 N–H and O–H groups in total. The summed E-state index contributed by atoms with van der Waals surface area (Å²) in [7, 11) is 2.52. The van der Waals surface area contributed by atoms with Crippen LogP contribution in [0, 0.1) is 17.7 Å². The van der Waals surface area contributed by atoms with Gasteiger partial charge in [-0.3, -0.25) is 19.3 Å². The number of hydrogen-bond acceptors (Lipinski definition) is 4. The lowest BCUT2D eigenvalue weighted by atomic mass is 9.90. The number of allylic oxidation sites excluding steroid dienone is 1. The molecule has 2 rings (SSSR count). The van der Waals surface area contributed by atoms with Gasteiger partial charge in [-0.25, -0.2) is 13.2 Å². The highest BCUT2D eigenvalue weighted by Crippen LogP contribution is 2.36. The summed E-state index contributed by atoms with van der Waals surface area (Å²) in [5.41, 5.74) is 3.55. The predicted octanol–water partition coefficient (Wildman–Crippen LogP) is 3.55. The van der Waals surface area contributed by atoms with E-state index in [1.807, 2.05) is 0 Å². The van der Waals surface area contributed by atoms with Crippen LogP contribution in [0.5, 0.6) is 0 Å². The number of nitrogens with one attached hydrogen (secondary N) is 1. The lowest BCUT2D eigenvalue weighted by Crippen LogP contribution is -2.36. The molecule has 1 aliphatic heterocycles. The zero-order valence-corrected chi connectivity index (χ0v) is 17.8. The van der Waals surface area contributed by atoms with Crippen molar-refractivity contribution in [2.45, 2.75) is 25.7 Å². The summed E-state index contributed by atoms with van der Waals surface area (Å²) in [5.74, 6) is -12.3. The first-order valence-corrected chi connectivity index (χ1v) is 9.23. The van der Waals surface area contributed by atoms with Gasteiger partial charge in [-0.2, -0.15) is 8.78 Å². The molecule has 0 unspecified atom stereocenters. The molecule has 0 aliphatic carbocycles. The fourth-order valence-electron chi connectivity index (χ4n) is 3.43. The van der Waals surface area contributed by atoms with Gasteiger partial charge in [0, 0.05) is 47.5 Å². The monoisotopic (exact) mass is 468 g/mol. The predicted molar refractivity (Wildman–Crippen MR) is 110 cm³/mol. The van der Waals surface area contributed by atoms with E-state index < -0.39 is 58.3 Å². The highest BCUT2D eigenvalue weighted by atomic mass is 19.3. The molecule has 180 valence electrons. The summed E-state index contributed by atoms with van der Waals surface area (Å²) in [6.07, 6.45) is 0.894. The quantitative estimate of drug-likeness (QED) is 0.380. The first-order valence-electron chi connectivity index (χ1n) is 9.23. The van der Waals surface area contributed by atoms with Crippen LogP contribution >= 0.6 is 0 Å². The normalized spacial score (nSPS) is 20.3. The van der Waals surface area contributed by atoms with Crippen LogP contribution < -0.4 is 11.1 Å². The number of amides is 2. The zero-order valence-electron chi connectivity index (χ0n) is 17.8. The summed E-state index contributed by atoms with van der Waals surface area (Å²) < 4.78 is 69.0. The van der Waals surface area contributed by atoms with Gasteiger partial charge in [-0.05, 0) is 18.2 Å². The van der Waals surface area contributed by atoms with Gasteiger partial charge in [0.1, 0.15) is 17.4 Å². The van der Waals surface area contributed by atoms with Crippen LogP contribution in [0.15, 0.2) is 35.0 Å². The van der Waals surface area contributed by atoms with E-state index in [2.05, 4.69) is 10.3 Å². The van der Waals surface area contributed by atoms with E-state index in [4.69, 9.17) is 5.73 Å². The Morgan fingerprint density at radius 1 is 1.31 bits per heavy atom. The minimum absolute atomic E-state index is 0. The van der Waals surface area contributed by atoms with Crippen molar-refractivity contribution in [1.29, 1.82) is 0 Å². The smallest absolute Gasteiger partial charge is 0.286 e. The maximum Gasteiger partial charge on any atom is 0.286 e. The molecule has 12 heteroatoms. The minimum Gasteiger partial charge on any atom is -0.402 e. The molecule has 0 spiro atoms. The molecule has 0 bridgehead atoms. The highest BCUT2D eigenvalue weighted by Gasteiger charge is 2.45. The van der Waals surface area contributed by atoms with E-state index in [0.717, 1.165) is 31.3 Å². The van der Waals surface area contributed by atoms with E-state index in [-0.39, 0.29) is 18.4 Å². The van der Waals surface area contributed by atoms with Crippen molar-refractivity contribution in [3.05, 3.63) is 41.4 Å². The molecule has 0 saturated carbocycles. The summed E-state index contributed by atoms with van der Waals surface area (Å²) in [4.78, 5) is 30.0. The molecule has 1 fully saturated rings. The number of alkyl halides is 4. The number of rotatable bonds is 6. The second-order valence-electron chi connectivity index (χ2n) is 7.48. The molecule has 2 atom stereocenters. The molecule has 1 aromatic carbocycles. The van der Waals surface area contributed by atoms with Crippen molar-refractivity contribution in [3.8, 4) is 0 Å². The average molecular weight is 468 g/mol. The number of halogens is 6. The van der Waals surface area contributed by atoms with E-state index in [1.54, 1.807) is 0 Å². The van der Waals surface area contributed by atoms with Crippen LogP contribution in [0.4, 0.5) is 32.3 Å². The Balaban J connectivity index is 0.00000512. The molecule has 0 radical (unpaired) electrons. The van der Waals surface area contributed by atoms with Crippen LogP contribution in [-0.2, 0) is 15.5 Å². The van der Waals surface area contributed by atoms with Crippen molar-refractivity contribution in [3.63, 3.8) is 0 Å². The number of likely N-dealkylation sites (tertiary alicyclic amines) is 1. The Morgan fingerprint density at radius 3 is 2.41 bits per heavy atom. The SMILES string of the molecule is CN=C(/C=C(\N)[C@H]1CN(C)C(=O)[C@@H]1C(=O)Nc1cccc(F)c1C(C)(F)F)C(C)(F)F.F.[HH]. The number of benzene rings is 1. The summed E-state index contributed by atoms with van der Waals surface area (Å²) in [6, 6.07) is 3.02. The van der Waals surface area contributed by atoms with Gasteiger partial charge in [-0.15, -0.1) is 0 Å². The van der Waals surface area contributed by atoms with Gasteiger partial charge in [0.05, 0.1) is 11.3 Å². The van der Waals surface area contributed by atoms with Crippen molar-refractivity contribution in [1.82, 2.24) is 4.90 Å². The molecule has 2 amide bonds. The molecule has 1 aliphatic rings. The summed E-state index contributed by atoms with van der Waals surface area (Å²) >= 11 is 0. The summed E-state index contributed by atoms with van der Waals surface area (Å²) in [5, 5.41) is 2.17. The molecular formula is C20H26F6N4O2. The molecule has 6 nitrogen and oxygen atoms in total. The van der Waals surface area contributed by atoms with E-state index in [0.29, 0.717) is 13.8 Å². The van der Waals surface area contributed by atoms with Crippen molar-refractivity contribution >= 4 is 23.2 Å². The van der Waals surface area contributed by atoms with Gasteiger partial charge >= 0.3 is 0 Å². The molecule has 32 heavy (non-hydrogen) atoms. The summed E-state index contributed by atoms with van der Waals surface area (Å²) in [6.45, 7) is 1.02. The van der Waals surface area contributed by atoms with Gasteiger partial charge in [-0.1, -0.05) is 6.07 Å². The van der Waals surface area contributed by atoms with Crippen LogP contribution in [0.1, 0.15) is 20.8 Å². The molecule has 1 aromatic rings. The van der Waals surface area contributed by atoms with E-state index >= 15 is 0 Å². The fraction of sp³-hybridized carbons (Fsp3) is 0.450. The Bertz CT molecular complexity index is 943. The van der Waals surface area contributed by atoms with Crippen molar-refractivity contribution in [2.24, 2.45) is 22.6 Å². The lowest BCUT2D eigenvalue weighted by molar-refractivity contribution is -0.135. The molecule has 1 heterocycles. The number of carbonyl (C=O) groups is 2. The van der Waals surface area contributed by atoms with E-state index in [1.165, 1.54) is 11.9 Å². The molecule has 1 saturated heterocycles. The Labute approximate surface area is 182 Å². The largest absolute Gasteiger partial charge is 0.402 e. The number of nitrogens with zero attached hydrogens (tertiary/aromatic N) is 2. The van der Waals surface area contributed by atoms with E-state index in [9.17, 15) is 31.5 Å². The van der Waals surface area contributed by atoms with Gasteiger partial charge in [0.2, 0.25) is 11.8 Å². The lowest BCUT2D eigenvalue weighted by Gasteiger charge is -2.21. The van der Waals surface area contributed by atoms with Crippen LogP contribution in [0.25, 0.3) is 0 Å². The third-order valence-electron chi connectivity index (χ3n) is 4.93. The minimum atomic E-state index is -3.61. The first kappa shape index (κ1) is 27.0. The number of anilines is 1. The second kappa shape index (κ2) is 9.61. The van der Waals surface area contributed by atoms with Crippen LogP contribution in [0.3, 0.4) is 0 Å². The standard InChI is InChI=1S/C20H23F5N4O2.FH.H2/c1-19(22,23)14(27-3)8-12(26)10-9-29(4)18(31)15(10)17(30)28-13-7-5-6-11(21)16(13)20(2,24)25;;/h5-8,10,15H,9,26H2,1-4H3,(H,28,30);2*1H/b12-8-,27-14?;;/t10-,15+;;/m1../s1. The van der Waals surface area contributed by atoms with Gasteiger partial charge in [0.15, 0.2) is 0 Å². The maximum atomic E-state index is 14.0. The second-order valence-corrected chi connectivity index (χ2v) is 7.48. The Morgan fingerprint density at radius 2 is 1.91 bits per heavy atom. The molecule has 0 aromatic heterocycles. The van der Waals surface area contributed by atoms with Crippen LogP contribution in [0.2, 0.25) is 0 Å². The molecular weight excluding hydrogens is 442 g/mol. The number of carbonyl (C=O) groups excluding carboxylic acids is 2. The third-order valence-corrected chi connectivity index (χ3v) is 4.93. The topological polar surface area (TPSA) is 87.8 Å². The zero-order chi connectivity index (χ0) is 23.7. The Hall–Kier alpha value is -3.05. The van der Waals surface area contributed by atoms with Crippen molar-refractivity contribution < 1.29 is 37.7 Å². The van der Waals surface area contributed by atoms with Crippen molar-refractivity contribution in [2.75, 3.05) is 26.0 Å². The van der Waals surface area contributed by atoms with Crippen LogP contribution in [-0.4, -0.2) is 49.0 Å².